The van der Waals surface area contributed by atoms with E-state index in [0.29, 0.717) is 0 Å². The molecule has 0 aliphatic heterocycles. The molecule has 0 aromatic heterocycles. The highest BCUT2D eigenvalue weighted by Crippen LogP contribution is 2.30. The molecule has 0 radical (unpaired) electrons. The highest BCUT2D eigenvalue weighted by molar-refractivity contribution is 7.46. The molecule has 0 bridgehead atoms. The van der Waals surface area contributed by atoms with Gasteiger partial charge in [-0.1, -0.05) is 0 Å². The van der Waals surface area contributed by atoms with Crippen molar-refractivity contribution < 1.29 is 43.0 Å². The van der Waals surface area contributed by atoms with Crippen LogP contribution in [0.1, 0.15) is 6.42 Å². The van der Waals surface area contributed by atoms with Gasteiger partial charge in [0.15, 0.2) is 0 Å². The number of likely N-dealkylation sites (N-methyl/N-ethyl adjacent to an activating group) is 1. The van der Waals surface area contributed by atoms with Crippen molar-refractivity contribution in [2.75, 3.05) is 7.05 Å². The van der Waals surface area contributed by atoms with E-state index in [1.807, 2.05) is 0 Å². The number of aliphatic carboxylic acids is 2. The van der Waals surface area contributed by atoms with E-state index in [4.69, 9.17) is 20.0 Å². The quantitative estimate of drug-likeness (QED) is 0.378. The second-order valence-corrected chi connectivity index (χ2v) is 4.29. The summed E-state index contributed by atoms with van der Waals surface area (Å²) in [7, 11) is -5.00. The van der Waals surface area contributed by atoms with Gasteiger partial charge < -0.3 is 25.3 Å². The molecule has 0 fully saturated rings. The first-order chi connectivity index (χ1) is 7.70. The van der Waals surface area contributed by atoms with Gasteiger partial charge in [0.1, 0.15) is 6.04 Å². The normalized spacial score (nSPS) is 15.0. The fraction of sp³-hybridized carbons (Fsp3) is 0.600. The van der Waals surface area contributed by atoms with Gasteiger partial charge in [0.2, 0.25) is 0 Å². The van der Waals surface area contributed by atoms with E-state index in [1.54, 1.807) is 0 Å². The third-order valence-electron chi connectivity index (χ3n) is 1.20. The maximum absolute atomic E-state index is 10.1. The first-order valence-electron chi connectivity index (χ1n) is 3.96. The molecule has 12 heteroatoms. The Morgan fingerprint density at radius 3 is 1.71 bits per heavy atom. The summed E-state index contributed by atoms with van der Waals surface area (Å²) >= 11 is 0. The summed E-state index contributed by atoms with van der Waals surface area (Å²) < 4.78 is 22.3. The van der Waals surface area contributed by atoms with E-state index in [0.717, 1.165) is 0 Å². The number of carboxylic acids is 2. The Balaban J connectivity index is 0. The molecule has 0 saturated heterocycles. The van der Waals surface area contributed by atoms with Crippen LogP contribution in [0.5, 0.6) is 0 Å². The summed E-state index contributed by atoms with van der Waals surface area (Å²) in [4.78, 5) is 35.5. The van der Waals surface area contributed by atoms with E-state index < -0.39 is 40.9 Å². The monoisotopic (exact) mass is 293 g/mol. The molecule has 17 heavy (non-hydrogen) atoms. The van der Waals surface area contributed by atoms with E-state index in [2.05, 4.69) is 9.63 Å². The zero-order valence-corrected chi connectivity index (χ0v) is 10.6. The summed E-state index contributed by atoms with van der Waals surface area (Å²) in [6.45, 7) is 0. The minimum Gasteiger partial charge on any atom is -0.481 e. The fourth-order valence-electron chi connectivity index (χ4n) is 0.562. The lowest BCUT2D eigenvalue weighted by atomic mass is 10.2. The summed E-state index contributed by atoms with van der Waals surface area (Å²) in [6, 6.07) is -0.988. The average Bonchev–Trinajstić information content (AvgIpc) is 2.11. The minimum atomic E-state index is -3.20. The van der Waals surface area contributed by atoms with Gasteiger partial charge in [-0.05, 0) is 7.05 Å². The zero-order chi connectivity index (χ0) is 14.0. The molecule has 3 atom stereocenters. The standard InChI is InChI=1S/C5H9NO4.H4O5P2/c1-6-3(5(9)10)2-4(7)8;1-6(2)5-7(3)4/h3,6H,2H2,1H3,(H,7,8)(H,9,10);6-7H,(H,1,2)(H,3,4). The highest BCUT2D eigenvalue weighted by atomic mass is 31.2. The number of hydrogen-bond donors (Lipinski definition) is 5. The Kier molecular flexibility index (Phi) is 11.4. The molecular formula is C5H13NO9P2. The first-order valence-corrected chi connectivity index (χ1v) is 6.49. The molecule has 0 aliphatic rings. The molecule has 0 aromatic rings. The van der Waals surface area contributed by atoms with Crippen LogP contribution in [0.2, 0.25) is 0 Å². The van der Waals surface area contributed by atoms with Crippen LogP contribution >= 0.6 is 16.5 Å². The lowest BCUT2D eigenvalue weighted by Gasteiger charge is -2.06. The maximum atomic E-state index is 10.1. The van der Waals surface area contributed by atoms with Crippen LogP contribution in [-0.4, -0.2) is 45.0 Å². The summed E-state index contributed by atoms with van der Waals surface area (Å²) in [5, 5.41) is 18.8. The number of hydrogen-bond acceptors (Lipinski definition) is 6. The number of carbonyl (C=O) groups is 2. The van der Waals surface area contributed by atoms with Crippen molar-refractivity contribution in [3.05, 3.63) is 0 Å². The Hall–Kier alpha value is -0.760. The Bertz CT molecular complexity index is 294. The molecule has 10 nitrogen and oxygen atoms in total. The van der Waals surface area contributed by atoms with Crippen molar-refractivity contribution in [2.45, 2.75) is 12.5 Å². The van der Waals surface area contributed by atoms with Crippen molar-refractivity contribution in [2.24, 2.45) is 0 Å². The van der Waals surface area contributed by atoms with Crippen LogP contribution in [0.4, 0.5) is 0 Å². The minimum absolute atomic E-state index is 0.397. The predicted octanol–water partition coefficient (Wildman–Crippen LogP) is -1.10. The van der Waals surface area contributed by atoms with Gasteiger partial charge in [-0.2, -0.15) is 0 Å². The molecular weight excluding hydrogens is 280 g/mol. The SMILES string of the molecule is CNC(CC(=O)O)C(=O)O.O=[PH](O)O[PH](=O)O. The number of carboxylic acid groups (broad SMARTS) is 2. The van der Waals surface area contributed by atoms with Gasteiger partial charge in [0.25, 0.3) is 0 Å². The Morgan fingerprint density at radius 2 is 1.65 bits per heavy atom. The fourth-order valence-corrected chi connectivity index (χ4v) is 1.16. The molecule has 0 heterocycles. The molecule has 0 aromatic carbocycles. The van der Waals surface area contributed by atoms with Crippen molar-refractivity contribution in [3.63, 3.8) is 0 Å². The Labute approximate surface area is 97.1 Å². The highest BCUT2D eigenvalue weighted by Gasteiger charge is 2.17. The molecule has 0 spiro atoms. The second kappa shape index (κ2) is 10.4. The second-order valence-electron chi connectivity index (χ2n) is 2.41. The van der Waals surface area contributed by atoms with Gasteiger partial charge in [-0.3, -0.25) is 18.7 Å². The van der Waals surface area contributed by atoms with Crippen molar-refractivity contribution in [3.8, 4) is 0 Å². The molecule has 3 unspecified atom stereocenters. The number of rotatable bonds is 6. The first kappa shape index (κ1) is 18.6. The van der Waals surface area contributed by atoms with Crippen LogP contribution in [-0.2, 0) is 23.0 Å². The third-order valence-corrected chi connectivity index (χ3v) is 2.60. The van der Waals surface area contributed by atoms with Gasteiger partial charge in [0, 0.05) is 0 Å². The molecule has 102 valence electrons. The molecule has 0 amide bonds. The third kappa shape index (κ3) is 15.2. The van der Waals surface area contributed by atoms with Crippen LogP contribution in [0.3, 0.4) is 0 Å². The predicted molar refractivity (Wildman–Crippen MR) is 56.3 cm³/mol. The Morgan fingerprint density at radius 1 is 1.24 bits per heavy atom. The van der Waals surface area contributed by atoms with Crippen molar-refractivity contribution in [1.29, 1.82) is 0 Å². The summed E-state index contributed by atoms with van der Waals surface area (Å²) in [6.07, 6.45) is -0.397. The lowest BCUT2D eigenvalue weighted by Crippen LogP contribution is -2.35. The molecule has 0 rings (SSSR count). The van der Waals surface area contributed by atoms with Crippen molar-refractivity contribution >= 4 is 28.4 Å². The summed E-state index contributed by atoms with van der Waals surface area (Å²) in [5.41, 5.74) is 0. The van der Waals surface area contributed by atoms with E-state index in [-0.39, 0.29) is 0 Å². The van der Waals surface area contributed by atoms with Gasteiger partial charge in [0.05, 0.1) is 6.42 Å². The van der Waals surface area contributed by atoms with E-state index in [1.165, 1.54) is 7.05 Å². The maximum Gasteiger partial charge on any atom is 0.323 e. The van der Waals surface area contributed by atoms with Crippen LogP contribution in [0.15, 0.2) is 0 Å². The molecule has 0 saturated carbocycles. The molecule has 0 aliphatic carbocycles. The van der Waals surface area contributed by atoms with Crippen molar-refractivity contribution in [1.82, 2.24) is 5.32 Å². The van der Waals surface area contributed by atoms with Crippen LogP contribution in [0.25, 0.3) is 0 Å². The number of nitrogens with one attached hydrogen (secondary N) is 1. The van der Waals surface area contributed by atoms with E-state index in [9.17, 15) is 18.7 Å². The topological polar surface area (TPSA) is 170 Å². The summed E-state index contributed by atoms with van der Waals surface area (Å²) in [5.74, 6) is -2.27. The van der Waals surface area contributed by atoms with Crippen LogP contribution < -0.4 is 5.32 Å². The van der Waals surface area contributed by atoms with Gasteiger partial charge >= 0.3 is 28.4 Å². The molecule has 5 N–H and O–H groups in total. The smallest absolute Gasteiger partial charge is 0.323 e. The van der Waals surface area contributed by atoms with E-state index >= 15 is 0 Å². The van der Waals surface area contributed by atoms with Gasteiger partial charge in [-0.25, -0.2) is 4.31 Å². The van der Waals surface area contributed by atoms with Gasteiger partial charge in [-0.15, -0.1) is 0 Å². The zero-order valence-electron chi connectivity index (χ0n) is 8.61. The van der Waals surface area contributed by atoms with Crippen LogP contribution in [0, 0.1) is 0 Å². The lowest BCUT2D eigenvalue weighted by molar-refractivity contribution is -0.145. The largest absolute Gasteiger partial charge is 0.481 e. The average molecular weight is 293 g/mol.